The number of nitrogens with zero attached hydrogens (tertiary/aromatic N) is 2. The summed E-state index contributed by atoms with van der Waals surface area (Å²) in [5.41, 5.74) is 5.37. The molecule has 0 spiro atoms. The van der Waals surface area contributed by atoms with Crippen molar-refractivity contribution in [2.45, 2.75) is 0 Å². The zero-order valence-electron chi connectivity index (χ0n) is 10.3. The molecule has 1 N–H and O–H groups in total. The third-order valence-corrected chi connectivity index (χ3v) is 2.49. The summed E-state index contributed by atoms with van der Waals surface area (Å²) in [6.07, 6.45) is 5.73. The Kier molecular flexibility index (Phi) is 4.18. The van der Waals surface area contributed by atoms with Crippen molar-refractivity contribution in [1.82, 2.24) is 4.98 Å². The molecule has 1 aromatic carbocycles. The molecule has 0 aliphatic heterocycles. The van der Waals surface area contributed by atoms with Crippen LogP contribution in [0.15, 0.2) is 54.3 Å². The number of carbonyl (C=O) groups is 1. The van der Waals surface area contributed by atoms with E-state index in [1.165, 1.54) is 6.20 Å². The van der Waals surface area contributed by atoms with Gasteiger partial charge in [-0.3, -0.25) is 10.2 Å². The molecule has 0 bridgehead atoms. The van der Waals surface area contributed by atoms with Crippen molar-refractivity contribution in [3.05, 3.63) is 65.9 Å². The highest BCUT2D eigenvalue weighted by molar-refractivity contribution is 5.80. The average Bonchev–Trinajstić information content (AvgIpc) is 2.49. The monoisotopic (exact) mass is 251 g/mol. The molecule has 4 nitrogen and oxygen atoms in total. The van der Waals surface area contributed by atoms with Crippen LogP contribution in [-0.2, 0) is 0 Å². The number of carbonyl (C=O) groups excluding carboxylic acids is 1. The van der Waals surface area contributed by atoms with Crippen molar-refractivity contribution in [3.8, 4) is 0 Å². The Hall–Kier alpha value is -2.75. The van der Waals surface area contributed by atoms with Gasteiger partial charge in [-0.05, 0) is 23.3 Å². The normalized spacial score (nSPS) is 10.3. The Morgan fingerprint density at radius 2 is 1.74 bits per heavy atom. The summed E-state index contributed by atoms with van der Waals surface area (Å²) in [5, 5.41) is 4.07. The van der Waals surface area contributed by atoms with E-state index >= 15 is 0 Å². The van der Waals surface area contributed by atoms with E-state index in [0.717, 1.165) is 17.4 Å². The molecule has 4 heteroatoms. The molecule has 1 aromatic heterocycles. The summed E-state index contributed by atoms with van der Waals surface area (Å²) in [4.78, 5) is 14.5. The highest BCUT2D eigenvalue weighted by atomic mass is 16.1. The van der Waals surface area contributed by atoms with Crippen LogP contribution in [0.25, 0.3) is 6.08 Å². The van der Waals surface area contributed by atoms with Crippen LogP contribution in [0.4, 0.5) is 5.82 Å². The van der Waals surface area contributed by atoms with Crippen LogP contribution in [0.5, 0.6) is 0 Å². The van der Waals surface area contributed by atoms with Gasteiger partial charge in [-0.1, -0.05) is 36.9 Å². The van der Waals surface area contributed by atoms with E-state index in [2.05, 4.69) is 22.1 Å². The number of aromatic nitrogens is 1. The smallest absolute Gasteiger partial charge is 0.151 e. The second kappa shape index (κ2) is 6.26. The Bertz CT molecular complexity index is 586. The highest BCUT2D eigenvalue weighted by Gasteiger charge is 1.92. The van der Waals surface area contributed by atoms with Gasteiger partial charge in [0.2, 0.25) is 0 Å². The number of pyridine rings is 1. The number of aldehydes is 1. The third-order valence-electron chi connectivity index (χ3n) is 2.49. The minimum atomic E-state index is 0.537. The zero-order valence-corrected chi connectivity index (χ0v) is 10.3. The maximum absolute atomic E-state index is 10.5. The second-order valence-electron chi connectivity index (χ2n) is 3.84. The summed E-state index contributed by atoms with van der Waals surface area (Å²) in [5.74, 6) is 0.588. The summed E-state index contributed by atoms with van der Waals surface area (Å²) in [7, 11) is 0. The van der Waals surface area contributed by atoms with Crippen LogP contribution in [0.3, 0.4) is 0 Å². The fraction of sp³-hybridized carbons (Fsp3) is 0. The van der Waals surface area contributed by atoms with Crippen molar-refractivity contribution in [2.24, 2.45) is 5.10 Å². The molecular weight excluding hydrogens is 238 g/mol. The lowest BCUT2D eigenvalue weighted by Gasteiger charge is -1.99. The number of hydrogen-bond acceptors (Lipinski definition) is 4. The Balaban J connectivity index is 1.97. The van der Waals surface area contributed by atoms with Crippen molar-refractivity contribution in [2.75, 3.05) is 5.43 Å². The molecule has 0 radical (unpaired) electrons. The van der Waals surface area contributed by atoms with Crippen molar-refractivity contribution in [1.29, 1.82) is 0 Å². The first-order valence-corrected chi connectivity index (χ1v) is 5.74. The van der Waals surface area contributed by atoms with Crippen LogP contribution >= 0.6 is 0 Å². The number of rotatable bonds is 5. The van der Waals surface area contributed by atoms with Gasteiger partial charge >= 0.3 is 0 Å². The Labute approximate surface area is 111 Å². The first kappa shape index (κ1) is 12.7. The standard InChI is InChI=1S/C15H13N3O/c1-2-12-3-5-13(6-4-12)10-17-18-15-8-7-14(11-19)9-16-15/h2-11H,1H2,(H,16,18)/b17-10+. The Morgan fingerprint density at radius 1 is 1.05 bits per heavy atom. The number of benzene rings is 1. The topological polar surface area (TPSA) is 54.4 Å². The van der Waals surface area contributed by atoms with E-state index in [1.54, 1.807) is 24.4 Å². The summed E-state index contributed by atoms with van der Waals surface area (Å²) in [6, 6.07) is 11.2. The number of hydrogen-bond donors (Lipinski definition) is 1. The molecule has 0 amide bonds. The quantitative estimate of drug-likeness (QED) is 0.505. The third kappa shape index (κ3) is 3.61. The fourth-order valence-electron chi connectivity index (χ4n) is 1.43. The summed E-state index contributed by atoms with van der Waals surface area (Å²) in [6.45, 7) is 3.70. The van der Waals surface area contributed by atoms with E-state index in [-0.39, 0.29) is 0 Å². The molecule has 0 unspecified atom stereocenters. The molecule has 0 saturated heterocycles. The number of hydrazone groups is 1. The summed E-state index contributed by atoms with van der Waals surface area (Å²) < 4.78 is 0. The van der Waals surface area contributed by atoms with Crippen molar-refractivity contribution >= 4 is 24.4 Å². The van der Waals surface area contributed by atoms with Gasteiger partial charge in [-0.2, -0.15) is 5.10 Å². The van der Waals surface area contributed by atoms with Crippen LogP contribution in [-0.4, -0.2) is 17.5 Å². The predicted molar refractivity (Wildman–Crippen MR) is 77.4 cm³/mol. The molecule has 1 heterocycles. The molecule has 0 aliphatic carbocycles. The second-order valence-corrected chi connectivity index (χ2v) is 3.84. The van der Waals surface area contributed by atoms with Crippen LogP contribution in [0, 0.1) is 0 Å². The molecule has 94 valence electrons. The summed E-state index contributed by atoms with van der Waals surface area (Å²) >= 11 is 0. The lowest BCUT2D eigenvalue weighted by Crippen LogP contribution is -1.94. The van der Waals surface area contributed by atoms with Gasteiger partial charge in [-0.25, -0.2) is 4.98 Å². The van der Waals surface area contributed by atoms with E-state index in [9.17, 15) is 4.79 Å². The molecule has 0 atom stereocenters. The molecular formula is C15H13N3O. The molecule has 0 aliphatic rings. The minimum absolute atomic E-state index is 0.537. The highest BCUT2D eigenvalue weighted by Crippen LogP contribution is 2.05. The van der Waals surface area contributed by atoms with Gasteiger partial charge < -0.3 is 0 Å². The van der Waals surface area contributed by atoms with Gasteiger partial charge in [0.15, 0.2) is 6.29 Å². The van der Waals surface area contributed by atoms with Gasteiger partial charge in [0.05, 0.1) is 6.21 Å². The maximum Gasteiger partial charge on any atom is 0.151 e. The van der Waals surface area contributed by atoms with E-state index < -0.39 is 0 Å². The lowest BCUT2D eigenvalue weighted by atomic mass is 10.1. The SMILES string of the molecule is C=Cc1ccc(/C=N/Nc2ccc(C=O)cn2)cc1. The molecule has 0 saturated carbocycles. The van der Waals surface area contributed by atoms with E-state index in [0.29, 0.717) is 11.4 Å². The fourth-order valence-corrected chi connectivity index (χ4v) is 1.43. The van der Waals surface area contributed by atoms with Crippen molar-refractivity contribution < 1.29 is 4.79 Å². The van der Waals surface area contributed by atoms with Gasteiger partial charge in [0.25, 0.3) is 0 Å². The molecule has 19 heavy (non-hydrogen) atoms. The largest absolute Gasteiger partial charge is 0.298 e. The lowest BCUT2D eigenvalue weighted by molar-refractivity contribution is 0.112. The number of anilines is 1. The predicted octanol–water partition coefficient (Wildman–Crippen LogP) is 2.98. The minimum Gasteiger partial charge on any atom is -0.298 e. The maximum atomic E-state index is 10.5. The van der Waals surface area contributed by atoms with Crippen LogP contribution in [0.2, 0.25) is 0 Å². The Morgan fingerprint density at radius 3 is 2.32 bits per heavy atom. The van der Waals surface area contributed by atoms with Gasteiger partial charge in [-0.15, -0.1) is 0 Å². The molecule has 2 rings (SSSR count). The number of nitrogens with one attached hydrogen (secondary N) is 1. The van der Waals surface area contributed by atoms with Crippen LogP contribution < -0.4 is 5.43 Å². The molecule has 0 fully saturated rings. The first-order valence-electron chi connectivity index (χ1n) is 5.74. The average molecular weight is 251 g/mol. The van der Waals surface area contributed by atoms with E-state index in [4.69, 9.17) is 0 Å². The van der Waals surface area contributed by atoms with Gasteiger partial charge in [0, 0.05) is 11.8 Å². The van der Waals surface area contributed by atoms with E-state index in [1.807, 2.05) is 24.3 Å². The molecule has 2 aromatic rings. The first-order chi connectivity index (χ1) is 9.31. The van der Waals surface area contributed by atoms with Gasteiger partial charge in [0.1, 0.15) is 5.82 Å². The zero-order chi connectivity index (χ0) is 13.5. The van der Waals surface area contributed by atoms with Crippen molar-refractivity contribution in [3.63, 3.8) is 0 Å². The van der Waals surface area contributed by atoms with Crippen LogP contribution in [0.1, 0.15) is 21.5 Å².